The molecule has 1 aliphatic heterocycles. The minimum absolute atomic E-state index is 0.0949. The minimum Gasteiger partial charge on any atom is -0.465 e. The van der Waals surface area contributed by atoms with Crippen molar-refractivity contribution in [2.75, 3.05) is 18.5 Å². The van der Waals surface area contributed by atoms with Gasteiger partial charge in [-0.25, -0.2) is 14.2 Å². The van der Waals surface area contributed by atoms with E-state index in [9.17, 15) is 24.2 Å². The lowest BCUT2D eigenvalue weighted by Gasteiger charge is -2.26. The van der Waals surface area contributed by atoms with Gasteiger partial charge in [0.15, 0.2) is 5.82 Å². The second-order valence-electron chi connectivity index (χ2n) is 7.51. The van der Waals surface area contributed by atoms with E-state index in [1.54, 1.807) is 29.7 Å². The molecule has 0 fully saturated rings. The number of hydrogen-bond donors (Lipinski definition) is 3. The van der Waals surface area contributed by atoms with Crippen LogP contribution in [0.15, 0.2) is 36.7 Å². The van der Waals surface area contributed by atoms with E-state index < -0.39 is 17.8 Å². The monoisotopic (exact) mass is 440 g/mol. The molecule has 0 radical (unpaired) electrons. The van der Waals surface area contributed by atoms with Crippen molar-refractivity contribution in [3.8, 4) is 11.5 Å². The fraction of sp³-hybridized carbons (Fsp3) is 0.286. The van der Waals surface area contributed by atoms with Crippen LogP contribution in [-0.4, -0.2) is 60.0 Å². The Bertz CT molecular complexity index is 1180. The fourth-order valence-corrected chi connectivity index (χ4v) is 3.57. The number of anilines is 1. The van der Waals surface area contributed by atoms with Crippen LogP contribution in [0, 0.1) is 5.82 Å². The second kappa shape index (κ2) is 8.71. The zero-order valence-corrected chi connectivity index (χ0v) is 17.2. The van der Waals surface area contributed by atoms with E-state index in [0.29, 0.717) is 29.1 Å². The number of amides is 2. The van der Waals surface area contributed by atoms with E-state index in [-0.39, 0.29) is 37.1 Å². The summed E-state index contributed by atoms with van der Waals surface area (Å²) in [5.74, 6) is -0.787. The number of carboxylic acid groups (broad SMARTS) is 1. The maximum Gasteiger partial charge on any atom is 0.407 e. The number of rotatable bonds is 5. The van der Waals surface area contributed by atoms with Crippen molar-refractivity contribution in [1.82, 2.24) is 24.6 Å². The highest BCUT2D eigenvalue weighted by molar-refractivity contribution is 6.04. The van der Waals surface area contributed by atoms with Crippen LogP contribution < -0.4 is 5.32 Å². The number of halogens is 1. The molecule has 0 spiro atoms. The zero-order valence-electron chi connectivity index (χ0n) is 17.2. The predicted molar refractivity (Wildman–Crippen MR) is 112 cm³/mol. The summed E-state index contributed by atoms with van der Waals surface area (Å²) in [6.07, 6.45) is 0.804. The molecule has 0 saturated carbocycles. The van der Waals surface area contributed by atoms with Gasteiger partial charge in [-0.3, -0.25) is 4.79 Å². The topological polar surface area (TPSA) is 133 Å². The Labute approximate surface area is 182 Å². The van der Waals surface area contributed by atoms with Gasteiger partial charge >= 0.3 is 6.09 Å². The molecule has 2 aromatic heterocycles. The first-order valence-corrected chi connectivity index (χ1v) is 9.95. The van der Waals surface area contributed by atoms with Gasteiger partial charge in [-0.2, -0.15) is 0 Å². The smallest absolute Gasteiger partial charge is 0.407 e. The van der Waals surface area contributed by atoms with Crippen LogP contribution in [0.5, 0.6) is 0 Å². The van der Waals surface area contributed by atoms with Gasteiger partial charge in [0.2, 0.25) is 0 Å². The third-order valence-corrected chi connectivity index (χ3v) is 5.35. The second-order valence-corrected chi connectivity index (χ2v) is 7.51. The molecule has 1 atom stereocenters. The first-order valence-electron chi connectivity index (χ1n) is 9.95. The SMILES string of the molecule is C[C@H](CO)n1cnnc1-c1cccc(NC(=O)c2cc3c(cc2F)CCN(C(=O)O)C3)n1. The molecule has 0 saturated heterocycles. The Morgan fingerprint density at radius 2 is 2.09 bits per heavy atom. The average Bonchev–Trinajstić information content (AvgIpc) is 3.28. The van der Waals surface area contributed by atoms with Gasteiger partial charge in [0.05, 0.1) is 18.2 Å². The Kier molecular flexibility index (Phi) is 5.82. The Morgan fingerprint density at radius 1 is 1.28 bits per heavy atom. The van der Waals surface area contributed by atoms with Crippen molar-refractivity contribution >= 4 is 17.8 Å². The van der Waals surface area contributed by atoms with E-state index in [4.69, 9.17) is 0 Å². The molecule has 1 aliphatic rings. The van der Waals surface area contributed by atoms with Crippen LogP contribution in [-0.2, 0) is 13.0 Å². The number of fused-ring (bicyclic) bond motifs is 1. The van der Waals surface area contributed by atoms with Gasteiger partial charge in [0, 0.05) is 13.1 Å². The molecule has 3 aromatic rings. The van der Waals surface area contributed by atoms with Crippen LogP contribution in [0.1, 0.15) is 34.5 Å². The van der Waals surface area contributed by atoms with Crippen molar-refractivity contribution in [2.45, 2.75) is 25.9 Å². The lowest BCUT2D eigenvalue weighted by atomic mass is 9.97. The largest absolute Gasteiger partial charge is 0.465 e. The van der Waals surface area contributed by atoms with Crippen LogP contribution in [0.25, 0.3) is 11.5 Å². The van der Waals surface area contributed by atoms with Crippen LogP contribution in [0.2, 0.25) is 0 Å². The molecule has 32 heavy (non-hydrogen) atoms. The quantitative estimate of drug-likeness (QED) is 0.554. The lowest BCUT2D eigenvalue weighted by molar-refractivity contribution is 0.102. The fourth-order valence-electron chi connectivity index (χ4n) is 3.57. The molecule has 11 heteroatoms. The standard InChI is InChI=1S/C21H21FN6O4/c1-12(10-29)28-11-23-26-19(28)17-3-2-4-18(24-17)25-20(30)15-7-14-9-27(21(31)32)6-5-13(14)8-16(15)22/h2-4,7-8,11-12,29H,5-6,9-10H2,1H3,(H,31,32)(H,24,25,30)/t12-/m1/s1. The normalized spacial score (nSPS) is 14.0. The van der Waals surface area contributed by atoms with E-state index >= 15 is 0 Å². The minimum atomic E-state index is -1.06. The van der Waals surface area contributed by atoms with Gasteiger partial charge in [-0.15, -0.1) is 10.2 Å². The van der Waals surface area contributed by atoms with Gasteiger partial charge in [0.1, 0.15) is 23.7 Å². The number of hydrogen-bond acceptors (Lipinski definition) is 6. The van der Waals surface area contributed by atoms with Crippen molar-refractivity contribution in [2.24, 2.45) is 0 Å². The summed E-state index contributed by atoms with van der Waals surface area (Å²) in [5, 5.41) is 29.1. The number of benzene rings is 1. The van der Waals surface area contributed by atoms with E-state index in [0.717, 1.165) is 0 Å². The molecule has 10 nitrogen and oxygen atoms in total. The highest BCUT2D eigenvalue weighted by atomic mass is 19.1. The third kappa shape index (κ3) is 4.14. The molecule has 4 rings (SSSR count). The summed E-state index contributed by atoms with van der Waals surface area (Å²) in [4.78, 5) is 29.6. The number of carbonyl (C=O) groups excluding carboxylic acids is 1. The van der Waals surface area contributed by atoms with Gasteiger partial charge in [-0.1, -0.05) is 6.07 Å². The summed E-state index contributed by atoms with van der Waals surface area (Å²) in [6, 6.07) is 7.30. The van der Waals surface area contributed by atoms with E-state index in [1.807, 2.05) is 0 Å². The van der Waals surface area contributed by atoms with Gasteiger partial charge in [-0.05, 0) is 48.7 Å². The summed E-state index contributed by atoms with van der Waals surface area (Å²) in [7, 11) is 0. The molecule has 0 unspecified atom stereocenters. The third-order valence-electron chi connectivity index (χ3n) is 5.35. The highest BCUT2D eigenvalue weighted by Gasteiger charge is 2.24. The van der Waals surface area contributed by atoms with Crippen molar-refractivity contribution in [3.63, 3.8) is 0 Å². The van der Waals surface area contributed by atoms with Crippen LogP contribution in [0.4, 0.5) is 15.0 Å². The van der Waals surface area contributed by atoms with Crippen molar-refractivity contribution in [1.29, 1.82) is 0 Å². The molecule has 166 valence electrons. The number of aliphatic hydroxyl groups excluding tert-OH is 1. The van der Waals surface area contributed by atoms with Gasteiger partial charge < -0.3 is 25.0 Å². The molecule has 3 N–H and O–H groups in total. The maximum atomic E-state index is 14.6. The van der Waals surface area contributed by atoms with E-state index in [2.05, 4.69) is 20.5 Å². The zero-order chi connectivity index (χ0) is 22.8. The molecular weight excluding hydrogens is 419 g/mol. The Hall–Kier alpha value is -3.86. The summed E-state index contributed by atoms with van der Waals surface area (Å²) in [5.41, 5.74) is 1.51. The number of nitrogens with zero attached hydrogens (tertiary/aromatic N) is 5. The molecule has 3 heterocycles. The van der Waals surface area contributed by atoms with Crippen LogP contribution >= 0.6 is 0 Å². The summed E-state index contributed by atoms with van der Waals surface area (Å²) >= 11 is 0. The number of pyridine rings is 1. The maximum absolute atomic E-state index is 14.6. The molecule has 2 amide bonds. The predicted octanol–water partition coefficient (Wildman–Crippen LogP) is 2.32. The molecule has 0 aliphatic carbocycles. The first kappa shape index (κ1) is 21.4. The van der Waals surface area contributed by atoms with Crippen LogP contribution in [0.3, 0.4) is 0 Å². The van der Waals surface area contributed by atoms with Crippen molar-refractivity contribution in [3.05, 3.63) is 59.2 Å². The molecule has 0 bridgehead atoms. The van der Waals surface area contributed by atoms with Crippen molar-refractivity contribution < 1.29 is 24.2 Å². The first-order chi connectivity index (χ1) is 15.4. The summed E-state index contributed by atoms with van der Waals surface area (Å²) in [6.45, 7) is 2.06. The molecule has 1 aromatic carbocycles. The average molecular weight is 440 g/mol. The Morgan fingerprint density at radius 3 is 2.84 bits per heavy atom. The highest BCUT2D eigenvalue weighted by Crippen LogP contribution is 2.24. The summed E-state index contributed by atoms with van der Waals surface area (Å²) < 4.78 is 16.3. The Balaban J connectivity index is 1.58. The van der Waals surface area contributed by atoms with E-state index in [1.165, 1.54) is 23.4 Å². The number of aliphatic hydroxyl groups is 1. The molecular formula is C21H21FN6O4. The van der Waals surface area contributed by atoms with Gasteiger partial charge in [0.25, 0.3) is 5.91 Å². The number of carbonyl (C=O) groups is 2. The number of nitrogens with one attached hydrogen (secondary N) is 1. The number of aromatic nitrogens is 4. The lowest BCUT2D eigenvalue weighted by Crippen LogP contribution is -2.35.